The van der Waals surface area contributed by atoms with Crippen molar-refractivity contribution in [2.75, 3.05) is 25.1 Å². The lowest BCUT2D eigenvalue weighted by molar-refractivity contribution is -0.384. The third-order valence-corrected chi connectivity index (χ3v) is 2.77. The van der Waals surface area contributed by atoms with Crippen LogP contribution in [0.1, 0.15) is 31.1 Å². The van der Waals surface area contributed by atoms with Gasteiger partial charge in [-0.25, -0.2) is 0 Å². The first-order chi connectivity index (χ1) is 9.99. The number of nitrogens with zero attached hydrogens (tertiary/aromatic N) is 1. The quantitative estimate of drug-likeness (QED) is 0.566. The molecule has 1 amide bonds. The Morgan fingerprint density at radius 2 is 2.14 bits per heavy atom. The van der Waals surface area contributed by atoms with Gasteiger partial charge in [-0.2, -0.15) is 0 Å². The van der Waals surface area contributed by atoms with E-state index in [1.165, 1.54) is 18.2 Å². The Bertz CT molecular complexity index is 505. The monoisotopic (exact) mass is 295 g/mol. The fourth-order valence-electron chi connectivity index (χ4n) is 1.81. The lowest BCUT2D eigenvalue weighted by atomic mass is 10.1. The first-order valence-corrected chi connectivity index (χ1v) is 6.90. The highest BCUT2D eigenvalue weighted by Crippen LogP contribution is 2.25. The van der Waals surface area contributed by atoms with E-state index >= 15 is 0 Å². The van der Waals surface area contributed by atoms with Gasteiger partial charge in [-0.15, -0.1) is 0 Å². The number of nitrogens with one attached hydrogen (secondary N) is 2. The molecular weight excluding hydrogens is 274 g/mol. The first kappa shape index (κ1) is 16.9. The van der Waals surface area contributed by atoms with Gasteiger partial charge in [-0.05, 0) is 32.9 Å². The number of hydrogen-bond acceptors (Lipinski definition) is 5. The standard InChI is InChI=1S/C14H21N3O4/c1-4-15-12-8-11(6-7-13(12)17(19)20)14(18)16-10(3)9-21-5-2/h6-8,10,15H,4-5,9H2,1-3H3,(H,16,18). The molecule has 21 heavy (non-hydrogen) atoms. The number of nitro groups is 1. The summed E-state index contributed by atoms with van der Waals surface area (Å²) in [6.45, 7) is 7.10. The summed E-state index contributed by atoms with van der Waals surface area (Å²) in [7, 11) is 0. The molecule has 1 aromatic carbocycles. The number of rotatable bonds is 8. The molecule has 7 nitrogen and oxygen atoms in total. The fraction of sp³-hybridized carbons (Fsp3) is 0.500. The molecule has 2 N–H and O–H groups in total. The SMILES string of the molecule is CCNc1cc(C(=O)NC(C)COCC)ccc1[N+](=O)[O-]. The van der Waals surface area contributed by atoms with E-state index in [2.05, 4.69) is 10.6 Å². The summed E-state index contributed by atoms with van der Waals surface area (Å²) in [6, 6.07) is 4.14. The average molecular weight is 295 g/mol. The summed E-state index contributed by atoms with van der Waals surface area (Å²) in [5, 5.41) is 16.6. The highest BCUT2D eigenvalue weighted by Gasteiger charge is 2.17. The molecule has 1 rings (SSSR count). The highest BCUT2D eigenvalue weighted by molar-refractivity contribution is 5.96. The zero-order valence-electron chi connectivity index (χ0n) is 12.5. The number of carbonyl (C=O) groups is 1. The minimum Gasteiger partial charge on any atom is -0.380 e. The van der Waals surface area contributed by atoms with E-state index in [4.69, 9.17) is 4.74 Å². The van der Waals surface area contributed by atoms with Crippen molar-refractivity contribution in [2.24, 2.45) is 0 Å². The Kier molecular flexibility index (Phi) is 6.61. The predicted octanol–water partition coefficient (Wildman–Crippen LogP) is 2.18. The molecule has 0 aromatic heterocycles. The van der Waals surface area contributed by atoms with Gasteiger partial charge >= 0.3 is 0 Å². The molecule has 0 heterocycles. The van der Waals surface area contributed by atoms with Crippen molar-refractivity contribution in [3.8, 4) is 0 Å². The van der Waals surface area contributed by atoms with Crippen molar-refractivity contribution >= 4 is 17.3 Å². The van der Waals surface area contributed by atoms with Crippen molar-refractivity contribution in [3.63, 3.8) is 0 Å². The van der Waals surface area contributed by atoms with Gasteiger partial charge in [0.25, 0.3) is 11.6 Å². The van der Waals surface area contributed by atoms with Gasteiger partial charge < -0.3 is 15.4 Å². The topological polar surface area (TPSA) is 93.5 Å². The largest absolute Gasteiger partial charge is 0.380 e. The first-order valence-electron chi connectivity index (χ1n) is 6.90. The Balaban J connectivity index is 2.85. The maximum Gasteiger partial charge on any atom is 0.292 e. The number of amides is 1. The summed E-state index contributed by atoms with van der Waals surface area (Å²) >= 11 is 0. The van der Waals surface area contributed by atoms with Crippen LogP contribution in [-0.2, 0) is 4.74 Å². The second-order valence-corrected chi connectivity index (χ2v) is 4.55. The molecule has 0 radical (unpaired) electrons. The van der Waals surface area contributed by atoms with Crippen LogP contribution in [-0.4, -0.2) is 36.6 Å². The molecule has 0 saturated heterocycles. The van der Waals surface area contributed by atoms with Crippen LogP contribution >= 0.6 is 0 Å². The van der Waals surface area contributed by atoms with Gasteiger partial charge in [0.1, 0.15) is 5.69 Å². The Morgan fingerprint density at radius 1 is 1.43 bits per heavy atom. The molecule has 0 bridgehead atoms. The third kappa shape index (κ3) is 5.03. The van der Waals surface area contributed by atoms with E-state index in [0.717, 1.165) is 0 Å². The molecule has 1 atom stereocenters. The van der Waals surface area contributed by atoms with Gasteiger partial charge in [0.15, 0.2) is 0 Å². The molecule has 116 valence electrons. The van der Waals surface area contributed by atoms with Gasteiger partial charge in [0.2, 0.25) is 0 Å². The maximum absolute atomic E-state index is 12.1. The van der Waals surface area contributed by atoms with Gasteiger partial charge in [-0.3, -0.25) is 14.9 Å². The maximum atomic E-state index is 12.1. The van der Waals surface area contributed by atoms with Crippen LogP contribution in [0.15, 0.2) is 18.2 Å². The molecule has 0 fully saturated rings. The molecule has 7 heteroatoms. The zero-order chi connectivity index (χ0) is 15.8. The van der Waals surface area contributed by atoms with Crippen molar-refractivity contribution in [1.82, 2.24) is 5.32 Å². The van der Waals surface area contributed by atoms with Gasteiger partial charge in [-0.1, -0.05) is 0 Å². The number of anilines is 1. The molecule has 0 saturated carbocycles. The average Bonchev–Trinajstić information content (AvgIpc) is 2.45. The van der Waals surface area contributed by atoms with Crippen LogP contribution in [0.3, 0.4) is 0 Å². The molecule has 1 aromatic rings. The molecule has 0 aliphatic rings. The molecular formula is C14H21N3O4. The van der Waals surface area contributed by atoms with Crippen LogP contribution in [0, 0.1) is 10.1 Å². The minimum atomic E-state index is -0.475. The Labute approximate surface area is 123 Å². The summed E-state index contributed by atoms with van der Waals surface area (Å²) in [4.78, 5) is 22.5. The van der Waals surface area contributed by atoms with Crippen LogP contribution in [0.4, 0.5) is 11.4 Å². The highest BCUT2D eigenvalue weighted by atomic mass is 16.6. The zero-order valence-corrected chi connectivity index (χ0v) is 12.5. The van der Waals surface area contributed by atoms with E-state index in [1.807, 2.05) is 20.8 Å². The molecule has 0 aliphatic carbocycles. The summed E-state index contributed by atoms with van der Waals surface area (Å²) in [6.07, 6.45) is 0. The second-order valence-electron chi connectivity index (χ2n) is 4.55. The molecule has 0 aliphatic heterocycles. The number of ether oxygens (including phenoxy) is 1. The Morgan fingerprint density at radius 3 is 2.71 bits per heavy atom. The fourth-order valence-corrected chi connectivity index (χ4v) is 1.81. The molecule has 0 spiro atoms. The van der Waals surface area contributed by atoms with E-state index in [-0.39, 0.29) is 17.6 Å². The van der Waals surface area contributed by atoms with Crippen LogP contribution in [0.2, 0.25) is 0 Å². The summed E-state index contributed by atoms with van der Waals surface area (Å²) < 4.78 is 5.23. The lowest BCUT2D eigenvalue weighted by Gasteiger charge is -2.14. The van der Waals surface area contributed by atoms with Crippen molar-refractivity contribution < 1.29 is 14.5 Å². The van der Waals surface area contributed by atoms with E-state index < -0.39 is 4.92 Å². The summed E-state index contributed by atoms with van der Waals surface area (Å²) in [5.41, 5.74) is 0.670. The summed E-state index contributed by atoms with van der Waals surface area (Å²) in [5.74, 6) is -0.281. The van der Waals surface area contributed by atoms with Gasteiger partial charge in [0, 0.05) is 30.8 Å². The smallest absolute Gasteiger partial charge is 0.292 e. The minimum absolute atomic E-state index is 0.0456. The number of carbonyl (C=O) groups excluding carboxylic acids is 1. The number of benzene rings is 1. The lowest BCUT2D eigenvalue weighted by Crippen LogP contribution is -2.35. The van der Waals surface area contributed by atoms with Crippen LogP contribution in [0.5, 0.6) is 0 Å². The van der Waals surface area contributed by atoms with E-state index in [9.17, 15) is 14.9 Å². The third-order valence-electron chi connectivity index (χ3n) is 2.77. The van der Waals surface area contributed by atoms with Crippen molar-refractivity contribution in [1.29, 1.82) is 0 Å². The van der Waals surface area contributed by atoms with Crippen molar-refractivity contribution in [2.45, 2.75) is 26.8 Å². The van der Waals surface area contributed by atoms with Gasteiger partial charge in [0.05, 0.1) is 11.5 Å². The normalized spacial score (nSPS) is 11.8. The second kappa shape index (κ2) is 8.21. The van der Waals surface area contributed by atoms with Crippen molar-refractivity contribution in [3.05, 3.63) is 33.9 Å². The van der Waals surface area contributed by atoms with E-state index in [0.29, 0.717) is 31.0 Å². The number of hydrogen-bond donors (Lipinski definition) is 2. The van der Waals surface area contributed by atoms with Crippen LogP contribution < -0.4 is 10.6 Å². The number of nitro benzene ring substituents is 1. The van der Waals surface area contributed by atoms with Crippen LogP contribution in [0.25, 0.3) is 0 Å². The van der Waals surface area contributed by atoms with E-state index in [1.54, 1.807) is 0 Å². The predicted molar refractivity (Wildman–Crippen MR) is 80.7 cm³/mol. The Hall–Kier alpha value is -2.15. The molecule has 1 unspecified atom stereocenters.